The Hall–Kier alpha value is -1.32. The lowest BCUT2D eigenvalue weighted by atomic mass is 9.85. The minimum Gasteiger partial charge on any atom is -0.493 e. The van der Waals surface area contributed by atoms with Crippen LogP contribution in [-0.2, 0) is 6.42 Å². The number of nitrogens with two attached hydrogens (primary N) is 1. The van der Waals surface area contributed by atoms with Crippen LogP contribution >= 0.6 is 11.3 Å². The minimum absolute atomic E-state index is 0.215. The highest BCUT2D eigenvalue weighted by molar-refractivity contribution is 7.09. The number of hydrogen-bond acceptors (Lipinski definition) is 3. The average Bonchev–Trinajstić information content (AvgIpc) is 2.97. The molecule has 3 heteroatoms. The third kappa shape index (κ3) is 2.82. The van der Waals surface area contributed by atoms with Crippen LogP contribution in [0.5, 0.6) is 5.75 Å². The van der Waals surface area contributed by atoms with E-state index >= 15 is 0 Å². The van der Waals surface area contributed by atoms with Gasteiger partial charge < -0.3 is 10.5 Å². The Morgan fingerprint density at radius 1 is 1.26 bits per heavy atom. The van der Waals surface area contributed by atoms with Crippen molar-refractivity contribution in [2.75, 3.05) is 6.61 Å². The summed E-state index contributed by atoms with van der Waals surface area (Å²) in [6.45, 7) is 0.786. The first kappa shape index (κ1) is 12.7. The number of thiophene rings is 1. The van der Waals surface area contributed by atoms with Gasteiger partial charge in [0.15, 0.2) is 0 Å². The van der Waals surface area contributed by atoms with Crippen molar-refractivity contribution in [1.82, 2.24) is 0 Å². The molecule has 2 heterocycles. The molecule has 0 amide bonds. The highest BCUT2D eigenvalue weighted by Gasteiger charge is 2.26. The molecule has 3 rings (SSSR count). The van der Waals surface area contributed by atoms with E-state index in [2.05, 4.69) is 29.6 Å². The highest BCUT2D eigenvalue weighted by atomic mass is 32.1. The fraction of sp³-hybridized carbons (Fsp3) is 0.375. The van der Waals surface area contributed by atoms with Gasteiger partial charge in [0.25, 0.3) is 0 Å². The summed E-state index contributed by atoms with van der Waals surface area (Å²) in [7, 11) is 0. The number of benzene rings is 1. The van der Waals surface area contributed by atoms with Gasteiger partial charge in [0.1, 0.15) is 5.75 Å². The van der Waals surface area contributed by atoms with Crippen molar-refractivity contribution < 1.29 is 4.74 Å². The zero-order valence-corrected chi connectivity index (χ0v) is 11.7. The van der Waals surface area contributed by atoms with Crippen LogP contribution < -0.4 is 10.5 Å². The van der Waals surface area contributed by atoms with Crippen molar-refractivity contribution in [3.63, 3.8) is 0 Å². The molecule has 2 N–H and O–H groups in total. The van der Waals surface area contributed by atoms with Crippen molar-refractivity contribution >= 4 is 11.3 Å². The quantitative estimate of drug-likeness (QED) is 0.924. The Bertz CT molecular complexity index is 523. The molecule has 0 saturated carbocycles. The lowest BCUT2D eigenvalue weighted by Crippen LogP contribution is -2.32. The lowest BCUT2D eigenvalue weighted by molar-refractivity contribution is 0.253. The summed E-state index contributed by atoms with van der Waals surface area (Å²) in [5.74, 6) is 1.45. The molecular weight excluding hydrogens is 254 g/mol. The molecule has 2 aromatic rings. The summed E-state index contributed by atoms with van der Waals surface area (Å²) < 4.78 is 5.70. The number of rotatable bonds is 4. The number of ether oxygens (including phenoxy) is 1. The first-order chi connectivity index (χ1) is 9.34. The molecule has 2 atom stereocenters. The van der Waals surface area contributed by atoms with Crippen LogP contribution in [0, 0.1) is 0 Å². The Kier molecular flexibility index (Phi) is 3.85. The largest absolute Gasteiger partial charge is 0.493 e. The summed E-state index contributed by atoms with van der Waals surface area (Å²) in [6.07, 6.45) is 3.15. The first-order valence-corrected chi connectivity index (χ1v) is 7.72. The molecule has 0 aliphatic carbocycles. The second-order valence-corrected chi connectivity index (χ2v) is 6.10. The number of aryl methyl sites for hydroxylation is 1. The van der Waals surface area contributed by atoms with Crippen LogP contribution in [0.3, 0.4) is 0 Å². The Balaban J connectivity index is 1.69. The summed E-state index contributed by atoms with van der Waals surface area (Å²) in [4.78, 5) is 1.43. The predicted octanol–water partition coefficient (Wildman–Crippen LogP) is 3.57. The van der Waals surface area contributed by atoms with Gasteiger partial charge in [-0.2, -0.15) is 0 Å². The molecule has 100 valence electrons. The molecule has 0 fully saturated rings. The van der Waals surface area contributed by atoms with Crippen molar-refractivity contribution in [1.29, 1.82) is 0 Å². The number of fused-ring (bicyclic) bond motifs is 1. The second kappa shape index (κ2) is 5.76. The minimum atomic E-state index is 0.215. The fourth-order valence-electron chi connectivity index (χ4n) is 2.78. The molecule has 1 aromatic carbocycles. The van der Waals surface area contributed by atoms with E-state index in [1.807, 2.05) is 23.5 Å². The third-order valence-electron chi connectivity index (χ3n) is 3.83. The zero-order chi connectivity index (χ0) is 13.1. The van der Waals surface area contributed by atoms with Crippen molar-refractivity contribution in [3.05, 3.63) is 52.2 Å². The van der Waals surface area contributed by atoms with E-state index in [0.29, 0.717) is 5.92 Å². The Morgan fingerprint density at radius 2 is 2.16 bits per heavy atom. The Morgan fingerprint density at radius 3 is 3.00 bits per heavy atom. The molecule has 2 nitrogen and oxygen atoms in total. The smallest absolute Gasteiger partial charge is 0.122 e. The van der Waals surface area contributed by atoms with Gasteiger partial charge in [-0.3, -0.25) is 0 Å². The molecular formula is C16H19NOS. The van der Waals surface area contributed by atoms with Crippen LogP contribution in [0.25, 0.3) is 0 Å². The third-order valence-corrected chi connectivity index (χ3v) is 4.76. The van der Waals surface area contributed by atoms with Gasteiger partial charge in [-0.1, -0.05) is 24.3 Å². The molecule has 1 aromatic heterocycles. The normalized spacial score (nSPS) is 19.5. The molecule has 1 aliphatic heterocycles. The molecule has 1 aliphatic rings. The maximum absolute atomic E-state index is 6.43. The van der Waals surface area contributed by atoms with E-state index in [4.69, 9.17) is 10.5 Å². The average molecular weight is 273 g/mol. The van der Waals surface area contributed by atoms with Gasteiger partial charge in [0.2, 0.25) is 0 Å². The summed E-state index contributed by atoms with van der Waals surface area (Å²) >= 11 is 1.82. The van der Waals surface area contributed by atoms with Crippen molar-refractivity contribution in [2.45, 2.75) is 31.2 Å². The SMILES string of the molecule is NC(CCc1cccs1)C1CCOc2ccccc21. The van der Waals surface area contributed by atoms with Crippen LogP contribution in [0.15, 0.2) is 41.8 Å². The highest BCUT2D eigenvalue weighted by Crippen LogP contribution is 2.36. The van der Waals surface area contributed by atoms with Crippen molar-refractivity contribution in [2.24, 2.45) is 5.73 Å². The zero-order valence-electron chi connectivity index (χ0n) is 10.9. The summed E-state index contributed by atoms with van der Waals surface area (Å²) in [5.41, 5.74) is 7.71. The van der Waals surface area contributed by atoms with Crippen LogP contribution in [0.2, 0.25) is 0 Å². The summed E-state index contributed by atoms with van der Waals surface area (Å²) in [5, 5.41) is 2.13. The molecule has 0 bridgehead atoms. The van der Waals surface area contributed by atoms with Gasteiger partial charge in [-0.25, -0.2) is 0 Å². The monoisotopic (exact) mass is 273 g/mol. The van der Waals surface area contributed by atoms with E-state index in [-0.39, 0.29) is 6.04 Å². The van der Waals surface area contributed by atoms with E-state index in [1.165, 1.54) is 10.4 Å². The Labute approximate surface area is 118 Å². The van der Waals surface area contributed by atoms with E-state index in [0.717, 1.165) is 31.6 Å². The van der Waals surface area contributed by atoms with Gasteiger partial charge in [0, 0.05) is 16.8 Å². The van der Waals surface area contributed by atoms with E-state index < -0.39 is 0 Å². The maximum Gasteiger partial charge on any atom is 0.122 e. The fourth-order valence-corrected chi connectivity index (χ4v) is 3.50. The summed E-state index contributed by atoms with van der Waals surface area (Å²) in [6, 6.07) is 12.8. The molecule has 0 saturated heterocycles. The van der Waals surface area contributed by atoms with E-state index in [9.17, 15) is 0 Å². The standard InChI is InChI=1S/C16H19NOS/c17-15(8-7-12-4-3-11-19-12)13-9-10-18-16-6-2-1-5-14(13)16/h1-6,11,13,15H,7-10,17H2. The van der Waals surface area contributed by atoms with Crippen LogP contribution in [0.4, 0.5) is 0 Å². The van der Waals surface area contributed by atoms with Crippen molar-refractivity contribution in [3.8, 4) is 5.75 Å². The van der Waals surface area contributed by atoms with Crippen LogP contribution in [-0.4, -0.2) is 12.6 Å². The number of para-hydroxylation sites is 1. The van der Waals surface area contributed by atoms with Gasteiger partial charge in [-0.15, -0.1) is 11.3 Å². The lowest BCUT2D eigenvalue weighted by Gasteiger charge is -2.30. The van der Waals surface area contributed by atoms with Gasteiger partial charge in [0.05, 0.1) is 6.61 Å². The van der Waals surface area contributed by atoms with E-state index in [1.54, 1.807) is 0 Å². The topological polar surface area (TPSA) is 35.2 Å². The van der Waals surface area contributed by atoms with Crippen LogP contribution in [0.1, 0.15) is 29.2 Å². The molecule has 0 radical (unpaired) electrons. The molecule has 0 spiro atoms. The van der Waals surface area contributed by atoms with Gasteiger partial charge in [-0.05, 0) is 42.3 Å². The first-order valence-electron chi connectivity index (χ1n) is 6.84. The van der Waals surface area contributed by atoms with Gasteiger partial charge >= 0.3 is 0 Å². The number of hydrogen-bond donors (Lipinski definition) is 1. The second-order valence-electron chi connectivity index (χ2n) is 5.06. The molecule has 19 heavy (non-hydrogen) atoms. The maximum atomic E-state index is 6.43. The molecule has 2 unspecified atom stereocenters. The predicted molar refractivity (Wildman–Crippen MR) is 79.9 cm³/mol.